The minimum absolute atomic E-state index is 0.226. The van der Waals surface area contributed by atoms with Crippen LogP contribution in [0.4, 0.5) is 0 Å². The summed E-state index contributed by atoms with van der Waals surface area (Å²) in [6.07, 6.45) is 0. The van der Waals surface area contributed by atoms with Crippen LogP contribution in [0.15, 0.2) is 23.1 Å². The molecule has 0 heterocycles. The van der Waals surface area contributed by atoms with Gasteiger partial charge in [-0.1, -0.05) is 18.3 Å². The molecule has 19 heavy (non-hydrogen) atoms. The Kier molecular flexibility index (Phi) is 5.42. The molecule has 0 spiro atoms. The van der Waals surface area contributed by atoms with Crippen molar-refractivity contribution in [2.45, 2.75) is 11.8 Å². The predicted octanol–water partition coefficient (Wildman–Crippen LogP) is 0.896. The number of rotatable bonds is 6. The van der Waals surface area contributed by atoms with E-state index in [-0.39, 0.29) is 9.88 Å². The van der Waals surface area contributed by atoms with E-state index in [0.717, 1.165) is 5.56 Å². The number of likely N-dealkylation sites (N-methyl/N-ethyl adjacent to an activating group) is 1. The zero-order valence-corrected chi connectivity index (χ0v) is 12.8. The third kappa shape index (κ3) is 3.73. The number of thiocarbonyl (C=S) groups is 1. The Bertz CT molecular complexity index is 570. The van der Waals surface area contributed by atoms with Crippen LogP contribution in [-0.4, -0.2) is 45.0 Å². The molecule has 0 saturated heterocycles. The van der Waals surface area contributed by atoms with Gasteiger partial charge in [-0.3, -0.25) is 0 Å². The van der Waals surface area contributed by atoms with E-state index in [1.165, 1.54) is 24.5 Å². The molecular formula is C12H18N2O3S2. The van der Waals surface area contributed by atoms with Crippen LogP contribution in [-0.2, 0) is 14.8 Å². The molecule has 0 fully saturated rings. The Labute approximate surface area is 119 Å². The average molecular weight is 302 g/mol. The quantitative estimate of drug-likeness (QED) is 0.790. The Balaban J connectivity index is 3.09. The number of aryl methyl sites for hydroxylation is 1. The Morgan fingerprint density at radius 2 is 2.11 bits per heavy atom. The molecule has 0 aliphatic rings. The number of methoxy groups -OCH3 is 1. The normalized spacial score (nSPS) is 11.8. The van der Waals surface area contributed by atoms with Crippen molar-refractivity contribution in [1.82, 2.24) is 4.31 Å². The summed E-state index contributed by atoms with van der Waals surface area (Å²) in [5, 5.41) is 0. The molecule has 1 aromatic carbocycles. The van der Waals surface area contributed by atoms with Crippen molar-refractivity contribution in [2.24, 2.45) is 5.73 Å². The van der Waals surface area contributed by atoms with E-state index < -0.39 is 10.0 Å². The molecule has 0 aliphatic carbocycles. The summed E-state index contributed by atoms with van der Waals surface area (Å²) < 4.78 is 30.7. The van der Waals surface area contributed by atoms with Gasteiger partial charge >= 0.3 is 0 Å². The van der Waals surface area contributed by atoms with E-state index in [1.54, 1.807) is 19.1 Å². The molecule has 7 heteroatoms. The van der Waals surface area contributed by atoms with E-state index in [1.807, 2.05) is 0 Å². The van der Waals surface area contributed by atoms with Gasteiger partial charge in [0.1, 0.15) is 4.99 Å². The zero-order chi connectivity index (χ0) is 14.6. The summed E-state index contributed by atoms with van der Waals surface area (Å²) in [5.41, 5.74) is 6.99. The van der Waals surface area contributed by atoms with Crippen molar-refractivity contribution in [3.63, 3.8) is 0 Å². The second-order valence-corrected chi connectivity index (χ2v) is 6.65. The highest BCUT2D eigenvalue weighted by atomic mass is 32.2. The number of hydrogen-bond donors (Lipinski definition) is 1. The first-order valence-corrected chi connectivity index (χ1v) is 7.51. The summed E-state index contributed by atoms with van der Waals surface area (Å²) in [6.45, 7) is 2.43. The van der Waals surface area contributed by atoms with Crippen LogP contribution in [0.1, 0.15) is 11.1 Å². The topological polar surface area (TPSA) is 72.6 Å². The van der Waals surface area contributed by atoms with Gasteiger partial charge in [0.2, 0.25) is 10.0 Å². The van der Waals surface area contributed by atoms with E-state index in [4.69, 9.17) is 22.7 Å². The third-order valence-electron chi connectivity index (χ3n) is 2.78. The lowest BCUT2D eigenvalue weighted by Gasteiger charge is -2.17. The van der Waals surface area contributed by atoms with Gasteiger partial charge in [-0.2, -0.15) is 4.31 Å². The monoisotopic (exact) mass is 302 g/mol. The third-order valence-corrected chi connectivity index (χ3v) is 4.85. The molecule has 0 unspecified atom stereocenters. The van der Waals surface area contributed by atoms with Gasteiger partial charge in [-0.15, -0.1) is 0 Å². The molecule has 106 valence electrons. The highest BCUT2D eigenvalue weighted by Gasteiger charge is 2.21. The molecule has 2 N–H and O–H groups in total. The fraction of sp³-hybridized carbons (Fsp3) is 0.417. The summed E-state index contributed by atoms with van der Waals surface area (Å²) in [5.74, 6) is 0. The van der Waals surface area contributed by atoms with Crippen molar-refractivity contribution in [1.29, 1.82) is 0 Å². The molecule has 0 amide bonds. The van der Waals surface area contributed by atoms with Gasteiger partial charge < -0.3 is 10.5 Å². The number of ether oxygens (including phenoxy) is 1. The van der Waals surface area contributed by atoms with Crippen LogP contribution in [0.25, 0.3) is 0 Å². The number of nitrogens with two attached hydrogens (primary N) is 1. The van der Waals surface area contributed by atoms with Crippen molar-refractivity contribution in [2.75, 3.05) is 27.3 Å². The van der Waals surface area contributed by atoms with Gasteiger partial charge in [-0.05, 0) is 24.6 Å². The largest absolute Gasteiger partial charge is 0.389 e. The maximum atomic E-state index is 12.3. The second-order valence-electron chi connectivity index (χ2n) is 4.16. The summed E-state index contributed by atoms with van der Waals surface area (Å²) in [6, 6.07) is 4.72. The molecule has 1 rings (SSSR count). The Morgan fingerprint density at radius 1 is 1.47 bits per heavy atom. The van der Waals surface area contributed by atoms with Crippen LogP contribution >= 0.6 is 12.2 Å². The molecule has 0 aromatic heterocycles. The molecule has 0 bridgehead atoms. The van der Waals surface area contributed by atoms with Crippen LogP contribution in [0, 0.1) is 6.92 Å². The summed E-state index contributed by atoms with van der Waals surface area (Å²) >= 11 is 4.90. The minimum Gasteiger partial charge on any atom is -0.389 e. The van der Waals surface area contributed by atoms with Gasteiger partial charge in [0.15, 0.2) is 0 Å². The number of hydrogen-bond acceptors (Lipinski definition) is 4. The molecule has 0 aliphatic heterocycles. The zero-order valence-electron chi connectivity index (χ0n) is 11.2. The maximum absolute atomic E-state index is 12.3. The Morgan fingerprint density at radius 3 is 2.58 bits per heavy atom. The number of benzene rings is 1. The molecule has 0 atom stereocenters. The number of nitrogens with zero attached hydrogens (tertiary/aromatic N) is 1. The first-order chi connectivity index (χ1) is 8.80. The van der Waals surface area contributed by atoms with Gasteiger partial charge in [-0.25, -0.2) is 8.42 Å². The lowest BCUT2D eigenvalue weighted by atomic mass is 10.1. The molecule has 0 saturated carbocycles. The molecule has 1 aromatic rings. The first kappa shape index (κ1) is 16.0. The maximum Gasteiger partial charge on any atom is 0.242 e. The molecule has 0 radical (unpaired) electrons. The van der Waals surface area contributed by atoms with Crippen LogP contribution in [0.5, 0.6) is 0 Å². The van der Waals surface area contributed by atoms with Gasteiger partial charge in [0, 0.05) is 26.3 Å². The standard InChI is InChI=1S/C12H18N2O3S2/c1-9-8-10(4-5-11(9)12(13)18)19(15,16)14(2)6-7-17-3/h4-5,8H,6-7H2,1-3H3,(H2,13,18). The van der Waals surface area contributed by atoms with Crippen LogP contribution in [0.2, 0.25) is 0 Å². The fourth-order valence-corrected chi connectivity index (χ4v) is 3.06. The predicted molar refractivity (Wildman–Crippen MR) is 78.8 cm³/mol. The van der Waals surface area contributed by atoms with Crippen molar-refractivity contribution >= 4 is 27.2 Å². The molecular weight excluding hydrogens is 284 g/mol. The SMILES string of the molecule is COCCN(C)S(=O)(=O)c1ccc(C(N)=S)c(C)c1. The van der Waals surface area contributed by atoms with E-state index in [0.29, 0.717) is 18.7 Å². The minimum atomic E-state index is -3.51. The van der Waals surface area contributed by atoms with E-state index in [9.17, 15) is 8.42 Å². The van der Waals surface area contributed by atoms with Crippen LogP contribution < -0.4 is 5.73 Å². The van der Waals surface area contributed by atoms with Crippen molar-refractivity contribution in [3.8, 4) is 0 Å². The Hall–Kier alpha value is -1.02. The van der Waals surface area contributed by atoms with Gasteiger partial charge in [0.05, 0.1) is 11.5 Å². The van der Waals surface area contributed by atoms with E-state index >= 15 is 0 Å². The van der Waals surface area contributed by atoms with Crippen molar-refractivity contribution < 1.29 is 13.2 Å². The first-order valence-electron chi connectivity index (χ1n) is 5.66. The smallest absolute Gasteiger partial charge is 0.242 e. The lowest BCUT2D eigenvalue weighted by molar-refractivity contribution is 0.185. The van der Waals surface area contributed by atoms with Crippen LogP contribution in [0.3, 0.4) is 0 Å². The lowest BCUT2D eigenvalue weighted by Crippen LogP contribution is -2.30. The highest BCUT2D eigenvalue weighted by molar-refractivity contribution is 7.89. The van der Waals surface area contributed by atoms with Gasteiger partial charge in [0.25, 0.3) is 0 Å². The van der Waals surface area contributed by atoms with Crippen molar-refractivity contribution in [3.05, 3.63) is 29.3 Å². The van der Waals surface area contributed by atoms with E-state index in [2.05, 4.69) is 0 Å². The highest BCUT2D eigenvalue weighted by Crippen LogP contribution is 2.18. The number of sulfonamides is 1. The molecule has 5 nitrogen and oxygen atoms in total. The average Bonchev–Trinajstić information content (AvgIpc) is 2.35. The second kappa shape index (κ2) is 6.42. The summed E-state index contributed by atoms with van der Waals surface area (Å²) in [4.78, 5) is 0.484. The fourth-order valence-electron chi connectivity index (χ4n) is 1.59. The summed E-state index contributed by atoms with van der Waals surface area (Å²) in [7, 11) is -0.459.